The second kappa shape index (κ2) is 10.5. The van der Waals surface area contributed by atoms with Crippen molar-refractivity contribution in [2.45, 2.75) is 32.1 Å². The van der Waals surface area contributed by atoms with Crippen LogP contribution in [0.4, 0.5) is 5.82 Å². The van der Waals surface area contributed by atoms with E-state index in [1.807, 2.05) is 54.6 Å². The van der Waals surface area contributed by atoms with E-state index in [1.165, 1.54) is 6.33 Å². The third-order valence-corrected chi connectivity index (χ3v) is 5.41. The highest BCUT2D eigenvalue weighted by Gasteiger charge is 2.22. The Morgan fingerprint density at radius 3 is 2.47 bits per heavy atom. The number of rotatable bonds is 10. The van der Waals surface area contributed by atoms with Crippen LogP contribution >= 0.6 is 0 Å². The predicted molar refractivity (Wildman–Crippen MR) is 126 cm³/mol. The summed E-state index contributed by atoms with van der Waals surface area (Å²) in [4.78, 5) is 8.94. The van der Waals surface area contributed by atoms with Crippen LogP contribution in [0, 0.1) is 11.3 Å². The second-order valence-electron chi connectivity index (χ2n) is 7.55. The van der Waals surface area contributed by atoms with Crippen molar-refractivity contribution in [3.63, 3.8) is 0 Å². The Balaban J connectivity index is 1.69. The van der Waals surface area contributed by atoms with Gasteiger partial charge in [-0.2, -0.15) is 5.26 Å². The van der Waals surface area contributed by atoms with Crippen LogP contribution in [0.2, 0.25) is 0 Å². The van der Waals surface area contributed by atoms with Gasteiger partial charge in [0.05, 0.1) is 18.6 Å². The molecule has 32 heavy (non-hydrogen) atoms. The van der Waals surface area contributed by atoms with Crippen molar-refractivity contribution in [2.75, 3.05) is 19.0 Å². The number of hydrogen-bond donors (Lipinski definition) is 1. The van der Waals surface area contributed by atoms with Gasteiger partial charge in [0.25, 0.3) is 0 Å². The summed E-state index contributed by atoms with van der Waals surface area (Å²) in [6.07, 6.45) is 6.27. The average molecular weight is 427 g/mol. The molecule has 162 valence electrons. The standard InChI is InChI=1S/C26H26N4O2/c1-31-21-14-12-19(13-15-21)22-23-25(28-17-9-4-2-3-8-16-27)29-18-30-26(23)32-24(22)20-10-6-5-7-11-20/h5-7,10-15,18H,2-4,8-9,17H2,1H3,(H,28,29,30). The van der Waals surface area contributed by atoms with E-state index in [9.17, 15) is 0 Å². The number of nitrogens with zero attached hydrogens (tertiary/aromatic N) is 3. The van der Waals surface area contributed by atoms with Crippen molar-refractivity contribution in [3.8, 4) is 34.3 Å². The Labute approximate surface area is 187 Å². The molecule has 6 heteroatoms. The Morgan fingerprint density at radius 2 is 1.72 bits per heavy atom. The number of methoxy groups -OCH3 is 1. The summed E-state index contributed by atoms with van der Waals surface area (Å²) in [5, 5.41) is 13.0. The zero-order valence-electron chi connectivity index (χ0n) is 18.2. The topological polar surface area (TPSA) is 84.0 Å². The zero-order chi connectivity index (χ0) is 22.2. The monoisotopic (exact) mass is 426 g/mol. The number of anilines is 1. The molecule has 0 radical (unpaired) electrons. The molecule has 0 aliphatic rings. The van der Waals surface area contributed by atoms with E-state index in [4.69, 9.17) is 14.4 Å². The molecule has 6 nitrogen and oxygen atoms in total. The van der Waals surface area contributed by atoms with Gasteiger partial charge < -0.3 is 14.5 Å². The maximum absolute atomic E-state index is 8.66. The number of nitriles is 1. The maximum Gasteiger partial charge on any atom is 0.232 e. The lowest BCUT2D eigenvalue weighted by Gasteiger charge is -2.09. The van der Waals surface area contributed by atoms with Gasteiger partial charge >= 0.3 is 0 Å². The number of aromatic nitrogens is 2. The van der Waals surface area contributed by atoms with Crippen molar-refractivity contribution >= 4 is 16.9 Å². The minimum absolute atomic E-state index is 0.557. The number of fused-ring (bicyclic) bond motifs is 1. The van der Waals surface area contributed by atoms with Crippen LogP contribution in [-0.2, 0) is 0 Å². The van der Waals surface area contributed by atoms with Crippen molar-refractivity contribution in [1.29, 1.82) is 5.26 Å². The zero-order valence-corrected chi connectivity index (χ0v) is 18.2. The maximum atomic E-state index is 8.66. The molecule has 0 aliphatic heterocycles. The fourth-order valence-electron chi connectivity index (χ4n) is 3.78. The fourth-order valence-corrected chi connectivity index (χ4v) is 3.78. The van der Waals surface area contributed by atoms with E-state index in [2.05, 4.69) is 21.4 Å². The van der Waals surface area contributed by atoms with Crippen molar-refractivity contribution in [2.24, 2.45) is 0 Å². The van der Waals surface area contributed by atoms with Crippen LogP contribution in [0.5, 0.6) is 5.75 Å². The van der Waals surface area contributed by atoms with Crippen LogP contribution in [0.1, 0.15) is 32.1 Å². The predicted octanol–water partition coefficient (Wildman–Crippen LogP) is 6.45. The van der Waals surface area contributed by atoms with E-state index < -0.39 is 0 Å². The first-order valence-corrected chi connectivity index (χ1v) is 10.9. The summed E-state index contributed by atoms with van der Waals surface area (Å²) in [6.45, 7) is 0.798. The van der Waals surface area contributed by atoms with Gasteiger partial charge in [0.1, 0.15) is 23.7 Å². The fraction of sp³-hybridized carbons (Fsp3) is 0.269. The number of nitrogens with one attached hydrogen (secondary N) is 1. The highest BCUT2D eigenvalue weighted by Crippen LogP contribution is 2.42. The second-order valence-corrected chi connectivity index (χ2v) is 7.55. The lowest BCUT2D eigenvalue weighted by atomic mass is 9.99. The Kier molecular flexibility index (Phi) is 6.98. The first-order valence-electron chi connectivity index (χ1n) is 10.9. The first kappa shape index (κ1) is 21.4. The number of benzene rings is 2. The molecule has 0 atom stereocenters. The Morgan fingerprint density at radius 1 is 0.938 bits per heavy atom. The molecule has 2 heterocycles. The molecule has 4 aromatic rings. The molecular formula is C26H26N4O2. The molecular weight excluding hydrogens is 400 g/mol. The molecule has 2 aromatic heterocycles. The minimum Gasteiger partial charge on any atom is -0.497 e. The molecule has 0 unspecified atom stereocenters. The van der Waals surface area contributed by atoms with Gasteiger partial charge in [0.15, 0.2) is 0 Å². The number of furan rings is 1. The molecule has 0 aliphatic carbocycles. The lowest BCUT2D eigenvalue weighted by molar-refractivity contribution is 0.415. The molecule has 0 amide bonds. The quantitative estimate of drug-likeness (QED) is 0.293. The molecule has 4 rings (SSSR count). The molecule has 0 saturated carbocycles. The highest BCUT2D eigenvalue weighted by atomic mass is 16.5. The van der Waals surface area contributed by atoms with E-state index >= 15 is 0 Å². The van der Waals surface area contributed by atoms with Crippen molar-refractivity contribution in [1.82, 2.24) is 9.97 Å². The smallest absolute Gasteiger partial charge is 0.232 e. The van der Waals surface area contributed by atoms with Crippen molar-refractivity contribution in [3.05, 3.63) is 60.9 Å². The van der Waals surface area contributed by atoms with Gasteiger partial charge in [0.2, 0.25) is 5.71 Å². The van der Waals surface area contributed by atoms with Gasteiger partial charge in [-0.3, -0.25) is 0 Å². The summed E-state index contributed by atoms with van der Waals surface area (Å²) in [5.41, 5.74) is 3.52. The summed E-state index contributed by atoms with van der Waals surface area (Å²) >= 11 is 0. The van der Waals surface area contributed by atoms with E-state index in [1.54, 1.807) is 7.11 Å². The van der Waals surface area contributed by atoms with Gasteiger partial charge in [0, 0.05) is 24.1 Å². The third kappa shape index (κ3) is 4.73. The number of ether oxygens (including phenoxy) is 1. The first-order chi connectivity index (χ1) is 15.8. The Hall–Kier alpha value is -3.85. The summed E-state index contributed by atoms with van der Waals surface area (Å²) in [7, 11) is 1.66. The van der Waals surface area contributed by atoms with E-state index in [0.29, 0.717) is 12.1 Å². The largest absolute Gasteiger partial charge is 0.497 e. The van der Waals surface area contributed by atoms with Gasteiger partial charge in [-0.05, 0) is 30.5 Å². The van der Waals surface area contributed by atoms with Crippen molar-refractivity contribution < 1.29 is 9.15 Å². The van der Waals surface area contributed by atoms with Crippen LogP contribution in [0.3, 0.4) is 0 Å². The Bertz CT molecular complexity index is 1190. The van der Waals surface area contributed by atoms with Crippen LogP contribution in [-0.4, -0.2) is 23.6 Å². The molecule has 0 fully saturated rings. The van der Waals surface area contributed by atoms with Gasteiger partial charge in [-0.25, -0.2) is 9.97 Å². The normalized spacial score (nSPS) is 10.8. The highest BCUT2D eigenvalue weighted by molar-refractivity contribution is 6.05. The summed E-state index contributed by atoms with van der Waals surface area (Å²) in [6, 6.07) is 20.2. The molecule has 1 N–H and O–H groups in total. The van der Waals surface area contributed by atoms with E-state index in [0.717, 1.165) is 71.6 Å². The molecule has 0 saturated heterocycles. The van der Waals surface area contributed by atoms with Gasteiger partial charge in [-0.1, -0.05) is 55.3 Å². The van der Waals surface area contributed by atoms with E-state index in [-0.39, 0.29) is 0 Å². The number of hydrogen-bond acceptors (Lipinski definition) is 6. The molecule has 0 bridgehead atoms. The molecule has 0 spiro atoms. The number of unbranched alkanes of at least 4 members (excludes halogenated alkanes) is 4. The SMILES string of the molecule is COc1ccc(-c2c(-c3ccccc3)oc3ncnc(NCCCCCCC#N)c23)cc1. The van der Waals surface area contributed by atoms with Gasteiger partial charge in [-0.15, -0.1) is 0 Å². The average Bonchev–Trinajstić information content (AvgIpc) is 3.24. The van der Waals surface area contributed by atoms with Crippen LogP contribution in [0.15, 0.2) is 65.3 Å². The summed E-state index contributed by atoms with van der Waals surface area (Å²) < 4.78 is 11.6. The third-order valence-electron chi connectivity index (χ3n) is 5.41. The minimum atomic E-state index is 0.557. The lowest BCUT2D eigenvalue weighted by Crippen LogP contribution is -2.04. The molecule has 2 aromatic carbocycles. The van der Waals surface area contributed by atoms with Crippen LogP contribution < -0.4 is 10.1 Å². The summed E-state index contributed by atoms with van der Waals surface area (Å²) in [5.74, 6) is 2.34. The van der Waals surface area contributed by atoms with Crippen LogP contribution in [0.25, 0.3) is 33.6 Å².